The van der Waals surface area contributed by atoms with E-state index in [4.69, 9.17) is 0 Å². The van der Waals surface area contributed by atoms with Crippen molar-refractivity contribution < 1.29 is 4.92 Å². The lowest BCUT2D eigenvalue weighted by Gasteiger charge is -2.02. The number of nitro groups is 1. The lowest BCUT2D eigenvalue weighted by atomic mass is 10.2. The molecule has 0 aromatic carbocycles. The van der Waals surface area contributed by atoms with Gasteiger partial charge in [-0.25, -0.2) is 4.68 Å². The monoisotopic (exact) mass is 312 g/mol. The van der Waals surface area contributed by atoms with Crippen molar-refractivity contribution in [2.45, 2.75) is 25.4 Å². The van der Waals surface area contributed by atoms with E-state index in [0.717, 1.165) is 12.8 Å². The minimum Gasteiger partial charge on any atom is -0.265 e. The zero-order chi connectivity index (χ0) is 15.8. The van der Waals surface area contributed by atoms with Gasteiger partial charge in [-0.3, -0.25) is 19.8 Å². The fraction of sp³-hybridized carbons (Fsp3) is 0.308. The minimum absolute atomic E-state index is 0.0540. The molecule has 1 saturated carbocycles. The normalized spacial score (nSPS) is 14.1. The van der Waals surface area contributed by atoms with E-state index in [1.54, 1.807) is 29.2 Å². The van der Waals surface area contributed by atoms with Gasteiger partial charge in [-0.1, -0.05) is 0 Å². The molecule has 23 heavy (non-hydrogen) atoms. The first-order valence-corrected chi connectivity index (χ1v) is 7.11. The summed E-state index contributed by atoms with van der Waals surface area (Å²) in [5.41, 5.74) is 0.900. The number of aromatic nitrogens is 7. The maximum Gasteiger partial charge on any atom is 0.314 e. The van der Waals surface area contributed by atoms with Crippen LogP contribution >= 0.6 is 0 Å². The van der Waals surface area contributed by atoms with Crippen LogP contribution in [0.2, 0.25) is 0 Å². The summed E-state index contributed by atoms with van der Waals surface area (Å²) in [7, 11) is 0. The molecule has 3 aromatic heterocycles. The van der Waals surface area contributed by atoms with Crippen molar-refractivity contribution in [1.29, 1.82) is 0 Å². The van der Waals surface area contributed by atoms with Crippen molar-refractivity contribution in [2.75, 3.05) is 0 Å². The summed E-state index contributed by atoms with van der Waals surface area (Å²) < 4.78 is 3.26. The highest BCUT2D eigenvalue weighted by Crippen LogP contribution is 2.34. The van der Waals surface area contributed by atoms with Gasteiger partial charge in [-0.15, -0.1) is 5.10 Å². The number of nitrogens with zero attached hydrogens (tertiary/aromatic N) is 8. The van der Waals surface area contributed by atoms with Crippen molar-refractivity contribution in [3.63, 3.8) is 0 Å². The highest BCUT2D eigenvalue weighted by atomic mass is 16.6. The molecule has 0 N–H and O–H groups in total. The highest BCUT2D eigenvalue weighted by Gasteiger charge is 2.28. The summed E-state index contributed by atoms with van der Waals surface area (Å²) in [5, 5.41) is 27.3. The van der Waals surface area contributed by atoms with Crippen molar-refractivity contribution in [1.82, 2.24) is 35.0 Å². The van der Waals surface area contributed by atoms with Gasteiger partial charge in [0.2, 0.25) is 0 Å². The molecule has 0 amide bonds. The third-order valence-corrected chi connectivity index (χ3v) is 3.65. The van der Waals surface area contributed by atoms with E-state index < -0.39 is 4.92 Å². The highest BCUT2D eigenvalue weighted by molar-refractivity contribution is 5.68. The second-order valence-corrected chi connectivity index (χ2v) is 5.32. The lowest BCUT2D eigenvalue weighted by Crippen LogP contribution is -2.09. The lowest BCUT2D eigenvalue weighted by molar-refractivity contribution is -0.384. The van der Waals surface area contributed by atoms with E-state index in [0.29, 0.717) is 23.1 Å². The maximum atomic E-state index is 11.3. The molecular weight excluding hydrogens is 300 g/mol. The van der Waals surface area contributed by atoms with Crippen molar-refractivity contribution >= 4 is 5.69 Å². The molecule has 1 aliphatic carbocycles. The minimum atomic E-state index is -0.441. The summed E-state index contributed by atoms with van der Waals surface area (Å²) in [6, 6.07) is 3.72. The molecule has 10 heteroatoms. The van der Waals surface area contributed by atoms with Gasteiger partial charge in [0, 0.05) is 18.0 Å². The summed E-state index contributed by atoms with van der Waals surface area (Å²) >= 11 is 0. The molecule has 10 nitrogen and oxygen atoms in total. The Morgan fingerprint density at radius 3 is 2.78 bits per heavy atom. The number of tetrazole rings is 1. The average Bonchev–Trinajstić information content (AvgIpc) is 3.15. The average molecular weight is 312 g/mol. The van der Waals surface area contributed by atoms with Gasteiger partial charge >= 0.3 is 5.69 Å². The third-order valence-electron chi connectivity index (χ3n) is 3.65. The van der Waals surface area contributed by atoms with Gasteiger partial charge in [-0.2, -0.15) is 5.10 Å². The number of hydrogen-bond acceptors (Lipinski definition) is 7. The second kappa shape index (κ2) is 5.23. The van der Waals surface area contributed by atoms with Crippen LogP contribution in [0.5, 0.6) is 0 Å². The van der Waals surface area contributed by atoms with Crippen LogP contribution in [0.25, 0.3) is 11.3 Å². The molecule has 1 fully saturated rings. The Balaban J connectivity index is 1.69. The third kappa shape index (κ3) is 2.54. The van der Waals surface area contributed by atoms with Gasteiger partial charge in [0.05, 0.1) is 11.0 Å². The van der Waals surface area contributed by atoms with Crippen LogP contribution in [-0.2, 0) is 6.54 Å². The van der Waals surface area contributed by atoms with E-state index in [1.165, 1.54) is 10.9 Å². The molecule has 3 aromatic rings. The molecule has 0 radical (unpaired) electrons. The molecule has 0 bridgehead atoms. The number of rotatable bonds is 5. The van der Waals surface area contributed by atoms with Crippen LogP contribution in [0.3, 0.4) is 0 Å². The Labute approximate surface area is 129 Å². The Morgan fingerprint density at radius 1 is 1.30 bits per heavy atom. The van der Waals surface area contributed by atoms with E-state index in [9.17, 15) is 10.1 Å². The Bertz CT molecular complexity index is 852. The molecule has 3 heterocycles. The molecule has 0 saturated heterocycles. The topological polar surface area (TPSA) is 117 Å². The Hall–Kier alpha value is -3.17. The summed E-state index contributed by atoms with van der Waals surface area (Å²) in [4.78, 5) is 14.8. The smallest absolute Gasteiger partial charge is 0.265 e. The predicted octanol–water partition coefficient (Wildman–Crippen LogP) is 1.22. The van der Waals surface area contributed by atoms with Crippen LogP contribution in [-0.4, -0.2) is 39.9 Å². The molecule has 0 atom stereocenters. The van der Waals surface area contributed by atoms with Gasteiger partial charge in [0.25, 0.3) is 0 Å². The molecular formula is C13H12N8O2. The van der Waals surface area contributed by atoms with Crippen LogP contribution in [0.1, 0.15) is 24.7 Å². The van der Waals surface area contributed by atoms with E-state index in [1.807, 2.05) is 0 Å². The molecule has 4 rings (SSSR count). The largest absolute Gasteiger partial charge is 0.314 e. The predicted molar refractivity (Wildman–Crippen MR) is 77.3 cm³/mol. The SMILES string of the molecule is O=[N+]([O-])c1cn(Cc2nnnn2C2CC2)nc1-c1ccncc1. The molecule has 0 spiro atoms. The van der Waals surface area contributed by atoms with E-state index in [-0.39, 0.29) is 12.2 Å². The summed E-state index contributed by atoms with van der Waals surface area (Å²) in [6.07, 6.45) is 6.66. The van der Waals surface area contributed by atoms with Crippen molar-refractivity contribution in [3.8, 4) is 11.3 Å². The quantitative estimate of drug-likeness (QED) is 0.513. The number of pyridine rings is 1. The van der Waals surface area contributed by atoms with Crippen LogP contribution < -0.4 is 0 Å². The van der Waals surface area contributed by atoms with E-state index in [2.05, 4.69) is 25.6 Å². The zero-order valence-corrected chi connectivity index (χ0v) is 12.0. The summed E-state index contributed by atoms with van der Waals surface area (Å²) in [5.74, 6) is 0.645. The fourth-order valence-electron chi connectivity index (χ4n) is 2.40. The first kappa shape index (κ1) is 13.5. The molecule has 1 aliphatic rings. The summed E-state index contributed by atoms with van der Waals surface area (Å²) in [6.45, 7) is 0.287. The number of hydrogen-bond donors (Lipinski definition) is 0. The van der Waals surface area contributed by atoms with Crippen LogP contribution in [0, 0.1) is 10.1 Å². The van der Waals surface area contributed by atoms with Gasteiger partial charge in [-0.05, 0) is 35.4 Å². The maximum absolute atomic E-state index is 11.3. The first-order chi connectivity index (χ1) is 11.2. The second-order valence-electron chi connectivity index (χ2n) is 5.32. The standard InChI is InChI=1S/C13H12N8O2/c22-21(23)11-7-19(16-13(11)9-3-5-14-6-4-9)8-12-15-17-18-20(12)10-1-2-10/h3-7,10H,1-2,8H2. The van der Waals surface area contributed by atoms with Gasteiger partial charge in [0.15, 0.2) is 11.5 Å². The van der Waals surface area contributed by atoms with Crippen LogP contribution in [0.15, 0.2) is 30.7 Å². The van der Waals surface area contributed by atoms with E-state index >= 15 is 0 Å². The molecule has 116 valence electrons. The fourth-order valence-corrected chi connectivity index (χ4v) is 2.40. The Morgan fingerprint density at radius 2 is 2.09 bits per heavy atom. The van der Waals surface area contributed by atoms with Crippen LogP contribution in [0.4, 0.5) is 5.69 Å². The molecule has 0 unspecified atom stereocenters. The van der Waals surface area contributed by atoms with Gasteiger partial charge < -0.3 is 0 Å². The Kier molecular flexibility index (Phi) is 3.07. The van der Waals surface area contributed by atoms with Crippen molar-refractivity contribution in [3.05, 3.63) is 46.7 Å². The van der Waals surface area contributed by atoms with Gasteiger partial charge in [0.1, 0.15) is 12.7 Å². The first-order valence-electron chi connectivity index (χ1n) is 7.11. The van der Waals surface area contributed by atoms with Crippen molar-refractivity contribution in [2.24, 2.45) is 0 Å². The molecule has 0 aliphatic heterocycles. The zero-order valence-electron chi connectivity index (χ0n) is 12.0.